The summed E-state index contributed by atoms with van der Waals surface area (Å²) in [7, 11) is 0. The van der Waals surface area contributed by atoms with E-state index >= 15 is 0 Å². The number of amides is 1. The Bertz CT molecular complexity index is 1020. The van der Waals surface area contributed by atoms with Gasteiger partial charge in [0.1, 0.15) is 0 Å². The quantitative estimate of drug-likeness (QED) is 0.725. The molecule has 0 spiro atoms. The molecule has 0 unspecified atom stereocenters. The van der Waals surface area contributed by atoms with Gasteiger partial charge >= 0.3 is 4.87 Å². The number of rotatable bonds is 5. The van der Waals surface area contributed by atoms with Crippen LogP contribution in [0.15, 0.2) is 33.8 Å². The van der Waals surface area contributed by atoms with E-state index in [-0.39, 0.29) is 24.0 Å². The first-order valence-corrected chi connectivity index (χ1v) is 9.66. The molecule has 9 heteroatoms. The molecule has 0 saturated heterocycles. The molecule has 3 aromatic rings. The second-order valence-electron chi connectivity index (χ2n) is 5.70. The van der Waals surface area contributed by atoms with Crippen molar-refractivity contribution in [2.75, 3.05) is 12.1 Å². The summed E-state index contributed by atoms with van der Waals surface area (Å²) in [5, 5.41) is 6.98. The highest BCUT2D eigenvalue weighted by Gasteiger charge is 2.15. The van der Waals surface area contributed by atoms with Crippen LogP contribution in [0.3, 0.4) is 0 Å². The number of aryl methyl sites for hydroxylation is 1. The maximum absolute atomic E-state index is 12.1. The van der Waals surface area contributed by atoms with E-state index in [4.69, 9.17) is 9.47 Å². The van der Waals surface area contributed by atoms with Gasteiger partial charge in [0.15, 0.2) is 16.6 Å². The number of nitrogens with one attached hydrogen (secondary N) is 1. The Hall–Kier alpha value is -2.65. The van der Waals surface area contributed by atoms with E-state index < -0.39 is 0 Å². The number of carbonyl (C=O) groups excluding carboxylic acids is 1. The zero-order chi connectivity index (χ0) is 18.1. The van der Waals surface area contributed by atoms with Gasteiger partial charge in [-0.15, -0.1) is 11.3 Å². The molecule has 1 aliphatic rings. The predicted molar refractivity (Wildman–Crippen MR) is 100 cm³/mol. The van der Waals surface area contributed by atoms with E-state index in [2.05, 4.69) is 10.3 Å². The van der Waals surface area contributed by atoms with Crippen LogP contribution < -0.4 is 19.7 Å². The molecule has 7 nitrogen and oxygen atoms in total. The van der Waals surface area contributed by atoms with E-state index in [0.717, 1.165) is 34.0 Å². The summed E-state index contributed by atoms with van der Waals surface area (Å²) in [6.07, 6.45) is 0.219. The van der Waals surface area contributed by atoms with Gasteiger partial charge in [0.05, 0.1) is 5.69 Å². The van der Waals surface area contributed by atoms with Crippen LogP contribution in [-0.2, 0) is 11.3 Å². The summed E-state index contributed by atoms with van der Waals surface area (Å²) in [6.45, 7) is 2.44. The second-order valence-corrected chi connectivity index (χ2v) is 7.38. The molecule has 3 heterocycles. The van der Waals surface area contributed by atoms with E-state index in [9.17, 15) is 9.59 Å². The van der Waals surface area contributed by atoms with Gasteiger partial charge in [-0.2, -0.15) is 0 Å². The van der Waals surface area contributed by atoms with Gasteiger partial charge in [0.25, 0.3) is 0 Å². The zero-order valence-electron chi connectivity index (χ0n) is 13.9. The highest BCUT2D eigenvalue weighted by molar-refractivity contribution is 7.14. The van der Waals surface area contributed by atoms with Gasteiger partial charge in [0.2, 0.25) is 12.7 Å². The first-order valence-electron chi connectivity index (χ1n) is 7.90. The highest BCUT2D eigenvalue weighted by atomic mass is 32.1. The van der Waals surface area contributed by atoms with Crippen LogP contribution in [0.5, 0.6) is 11.5 Å². The van der Waals surface area contributed by atoms with Crippen LogP contribution in [0.25, 0.3) is 11.3 Å². The number of hydrogen-bond donors (Lipinski definition) is 1. The van der Waals surface area contributed by atoms with Crippen molar-refractivity contribution in [2.45, 2.75) is 19.9 Å². The van der Waals surface area contributed by atoms with Crippen LogP contribution in [-0.4, -0.2) is 22.3 Å². The van der Waals surface area contributed by atoms with Crippen molar-refractivity contribution in [1.82, 2.24) is 9.55 Å². The maximum atomic E-state index is 12.1. The number of hydrogen-bond acceptors (Lipinski definition) is 7. The average Bonchev–Trinajstić information content (AvgIpc) is 3.34. The lowest BCUT2D eigenvalue weighted by atomic mass is 10.1. The smallest absolute Gasteiger partial charge is 0.307 e. The number of thiazole rings is 2. The molecule has 134 valence electrons. The first-order chi connectivity index (χ1) is 12.6. The largest absolute Gasteiger partial charge is 0.454 e. The number of carbonyl (C=O) groups is 1. The van der Waals surface area contributed by atoms with Crippen LogP contribution in [0, 0.1) is 6.92 Å². The van der Waals surface area contributed by atoms with Gasteiger partial charge in [-0.1, -0.05) is 11.3 Å². The van der Waals surface area contributed by atoms with E-state index in [1.165, 1.54) is 11.3 Å². The van der Waals surface area contributed by atoms with Crippen molar-refractivity contribution in [2.24, 2.45) is 0 Å². The van der Waals surface area contributed by atoms with Crippen LogP contribution in [0.4, 0.5) is 5.13 Å². The third-order valence-corrected chi connectivity index (χ3v) is 5.60. The summed E-state index contributed by atoms with van der Waals surface area (Å²) >= 11 is 2.50. The Morgan fingerprint density at radius 3 is 2.92 bits per heavy atom. The van der Waals surface area contributed by atoms with E-state index in [0.29, 0.717) is 17.4 Å². The van der Waals surface area contributed by atoms with E-state index in [1.807, 2.05) is 30.5 Å². The van der Waals surface area contributed by atoms with Crippen LogP contribution in [0.1, 0.15) is 12.1 Å². The number of ether oxygens (including phenoxy) is 2. The van der Waals surface area contributed by atoms with Crippen LogP contribution >= 0.6 is 22.7 Å². The molecule has 1 N–H and O–H groups in total. The van der Waals surface area contributed by atoms with Gasteiger partial charge in [0, 0.05) is 35.0 Å². The van der Waals surface area contributed by atoms with Crippen molar-refractivity contribution in [3.8, 4) is 22.8 Å². The molecular formula is C17H15N3O4S2. The minimum absolute atomic E-state index is 0.0466. The number of fused-ring (bicyclic) bond motifs is 1. The molecular weight excluding hydrogens is 374 g/mol. The Labute approximate surface area is 156 Å². The standard InChI is InChI=1S/C17H15N3O4S2/c1-10-7-26-17(22)20(10)5-4-15(21)19-16-18-12(8-25-16)11-2-3-13-14(6-11)24-9-23-13/h2-3,6-8H,4-5,9H2,1H3,(H,18,19,21). The van der Waals surface area contributed by atoms with Gasteiger partial charge in [-0.05, 0) is 25.1 Å². The molecule has 26 heavy (non-hydrogen) atoms. The SMILES string of the molecule is Cc1csc(=O)n1CCC(=O)Nc1nc(-c2ccc3c(c2)OCO3)cs1. The normalized spacial score (nSPS) is 12.3. The summed E-state index contributed by atoms with van der Waals surface area (Å²) in [6, 6.07) is 5.62. The molecule has 0 atom stereocenters. The second kappa shape index (κ2) is 6.93. The van der Waals surface area contributed by atoms with Crippen molar-refractivity contribution < 1.29 is 14.3 Å². The van der Waals surface area contributed by atoms with Crippen molar-refractivity contribution in [1.29, 1.82) is 0 Å². The molecule has 1 aromatic carbocycles. The lowest BCUT2D eigenvalue weighted by molar-refractivity contribution is -0.116. The number of aromatic nitrogens is 2. The molecule has 2 aromatic heterocycles. The fourth-order valence-electron chi connectivity index (χ4n) is 2.59. The molecule has 1 aliphatic heterocycles. The van der Waals surface area contributed by atoms with Gasteiger partial charge in [-0.3, -0.25) is 9.59 Å². The molecule has 0 saturated carbocycles. The molecule has 4 rings (SSSR count). The highest BCUT2D eigenvalue weighted by Crippen LogP contribution is 2.36. The first kappa shape index (κ1) is 16.8. The molecule has 0 fully saturated rings. The maximum Gasteiger partial charge on any atom is 0.307 e. The Kier molecular flexibility index (Phi) is 4.48. The van der Waals surface area contributed by atoms with E-state index in [1.54, 1.807) is 9.95 Å². The Morgan fingerprint density at radius 1 is 1.27 bits per heavy atom. The lowest BCUT2D eigenvalue weighted by Crippen LogP contribution is -2.20. The zero-order valence-corrected chi connectivity index (χ0v) is 15.5. The van der Waals surface area contributed by atoms with Crippen molar-refractivity contribution in [3.05, 3.63) is 44.3 Å². The predicted octanol–water partition coefficient (Wildman–Crippen LogP) is 3.10. The van der Waals surface area contributed by atoms with Gasteiger partial charge in [-0.25, -0.2) is 4.98 Å². The average molecular weight is 389 g/mol. The summed E-state index contributed by atoms with van der Waals surface area (Å²) in [5.41, 5.74) is 2.52. The third kappa shape index (κ3) is 3.35. The minimum atomic E-state index is -0.172. The number of anilines is 1. The van der Waals surface area contributed by atoms with Gasteiger partial charge < -0.3 is 19.4 Å². The lowest BCUT2D eigenvalue weighted by Gasteiger charge is -2.04. The topological polar surface area (TPSA) is 82.5 Å². The molecule has 0 radical (unpaired) electrons. The molecule has 0 bridgehead atoms. The summed E-state index contributed by atoms with van der Waals surface area (Å²) in [4.78, 5) is 28.2. The Morgan fingerprint density at radius 2 is 2.12 bits per heavy atom. The Balaban J connectivity index is 1.40. The molecule has 0 aliphatic carbocycles. The van der Waals surface area contributed by atoms with Crippen LogP contribution in [0.2, 0.25) is 0 Å². The summed E-state index contributed by atoms with van der Waals surface area (Å²) < 4.78 is 12.3. The fraction of sp³-hybridized carbons (Fsp3) is 0.235. The van der Waals surface area contributed by atoms with Crippen molar-refractivity contribution in [3.63, 3.8) is 0 Å². The summed E-state index contributed by atoms with van der Waals surface area (Å²) in [5.74, 6) is 1.24. The minimum Gasteiger partial charge on any atom is -0.454 e. The molecule has 1 amide bonds. The third-order valence-electron chi connectivity index (χ3n) is 3.96. The number of nitrogens with zero attached hydrogens (tertiary/aromatic N) is 2. The monoisotopic (exact) mass is 389 g/mol. The number of benzene rings is 1. The fourth-order valence-corrected chi connectivity index (χ4v) is 4.09. The van der Waals surface area contributed by atoms with Crippen molar-refractivity contribution >= 4 is 33.7 Å².